The molecule has 3 rings (SSSR count). The second-order valence-corrected chi connectivity index (χ2v) is 6.26. The van der Waals surface area contributed by atoms with Gasteiger partial charge in [-0.15, -0.1) is 0 Å². The fourth-order valence-corrected chi connectivity index (χ4v) is 3.27. The molecule has 7 heteroatoms. The van der Waals surface area contributed by atoms with Gasteiger partial charge in [0.1, 0.15) is 5.82 Å². The monoisotopic (exact) mass is 332 g/mol. The maximum Gasteiger partial charge on any atom is 0.254 e. The molecule has 24 heavy (non-hydrogen) atoms. The number of nitrogens with zero attached hydrogens (tertiary/aromatic N) is 3. The largest absolute Gasteiger partial charge is 0.380 e. The number of likely N-dealkylation sites (tertiary alicyclic amines) is 1. The number of hydrogen-bond acceptors (Lipinski definition) is 5. The molecule has 1 aromatic carbocycles. The number of amides is 1. The molecule has 0 spiro atoms. The van der Waals surface area contributed by atoms with Gasteiger partial charge in [0.2, 0.25) is 0 Å². The van der Waals surface area contributed by atoms with Gasteiger partial charge in [0, 0.05) is 45.0 Å². The van der Waals surface area contributed by atoms with Crippen LogP contribution in [0.3, 0.4) is 0 Å². The van der Waals surface area contributed by atoms with E-state index in [0.29, 0.717) is 19.5 Å². The van der Waals surface area contributed by atoms with Crippen molar-refractivity contribution in [3.8, 4) is 6.19 Å². The van der Waals surface area contributed by atoms with Gasteiger partial charge in [-0.3, -0.25) is 4.79 Å². The van der Waals surface area contributed by atoms with E-state index in [2.05, 4.69) is 16.4 Å². The first-order valence-corrected chi connectivity index (χ1v) is 8.13. The van der Waals surface area contributed by atoms with Crippen LogP contribution in [-0.2, 0) is 4.74 Å². The van der Waals surface area contributed by atoms with Gasteiger partial charge in [-0.2, -0.15) is 5.26 Å². The van der Waals surface area contributed by atoms with Gasteiger partial charge in [-0.05, 0) is 31.0 Å². The van der Waals surface area contributed by atoms with Gasteiger partial charge in [0.15, 0.2) is 6.19 Å². The van der Waals surface area contributed by atoms with E-state index in [0.717, 1.165) is 25.2 Å². The van der Waals surface area contributed by atoms with Crippen molar-refractivity contribution < 1.29 is 13.9 Å². The van der Waals surface area contributed by atoms with Gasteiger partial charge in [0.05, 0.1) is 11.7 Å². The molecule has 0 saturated carbocycles. The number of ether oxygens (including phenoxy) is 1. The van der Waals surface area contributed by atoms with Crippen molar-refractivity contribution in [3.05, 3.63) is 29.6 Å². The number of nitrogens with one attached hydrogen (secondary N) is 1. The lowest BCUT2D eigenvalue weighted by Gasteiger charge is -2.19. The summed E-state index contributed by atoms with van der Waals surface area (Å²) >= 11 is 0. The minimum atomic E-state index is -0.527. The Hall–Kier alpha value is -2.33. The molecule has 2 fully saturated rings. The summed E-state index contributed by atoms with van der Waals surface area (Å²) in [4.78, 5) is 15.9. The van der Waals surface area contributed by atoms with Crippen LogP contribution in [0.25, 0.3) is 0 Å². The van der Waals surface area contributed by atoms with Crippen molar-refractivity contribution in [2.45, 2.75) is 25.0 Å². The molecule has 2 unspecified atom stereocenters. The third-order valence-corrected chi connectivity index (χ3v) is 4.71. The van der Waals surface area contributed by atoms with Crippen LogP contribution < -0.4 is 10.2 Å². The normalized spacial score (nSPS) is 23.4. The lowest BCUT2D eigenvalue weighted by molar-refractivity contribution is 0.0934. The summed E-state index contributed by atoms with van der Waals surface area (Å²) in [6.07, 6.45) is 3.84. The Morgan fingerprint density at radius 1 is 1.38 bits per heavy atom. The van der Waals surface area contributed by atoms with E-state index >= 15 is 0 Å². The first kappa shape index (κ1) is 16.5. The quantitative estimate of drug-likeness (QED) is 0.843. The first-order valence-electron chi connectivity index (χ1n) is 8.13. The zero-order valence-corrected chi connectivity index (χ0v) is 13.7. The molecule has 2 saturated heterocycles. The fraction of sp³-hybridized carbons (Fsp3) is 0.529. The Labute approximate surface area is 140 Å². The molecule has 0 aliphatic carbocycles. The van der Waals surface area contributed by atoms with E-state index in [1.807, 2.05) is 0 Å². The third-order valence-electron chi connectivity index (χ3n) is 4.71. The topological polar surface area (TPSA) is 68.6 Å². The predicted octanol–water partition coefficient (Wildman–Crippen LogP) is 1.34. The van der Waals surface area contributed by atoms with Crippen molar-refractivity contribution in [2.75, 3.05) is 38.2 Å². The molecule has 0 radical (unpaired) electrons. The second-order valence-electron chi connectivity index (χ2n) is 6.26. The van der Waals surface area contributed by atoms with Crippen LogP contribution in [0.5, 0.6) is 0 Å². The molecule has 128 valence electrons. The highest BCUT2D eigenvalue weighted by Crippen LogP contribution is 2.24. The average Bonchev–Trinajstić information content (AvgIpc) is 3.23. The molecule has 1 N–H and O–H groups in total. The SMILES string of the molecule is COC1CCN(c2ccc(C(=O)NC3CCN(C#N)C3)c(F)c2)C1. The molecular formula is C17H21FN4O2. The molecule has 6 nitrogen and oxygen atoms in total. The van der Waals surface area contributed by atoms with E-state index in [9.17, 15) is 9.18 Å². The maximum atomic E-state index is 14.4. The Kier molecular flexibility index (Phi) is 4.86. The Bertz CT molecular complexity index is 660. The minimum absolute atomic E-state index is 0.0386. The average molecular weight is 332 g/mol. The van der Waals surface area contributed by atoms with E-state index < -0.39 is 11.7 Å². The predicted molar refractivity (Wildman–Crippen MR) is 87.1 cm³/mol. The van der Waals surface area contributed by atoms with Crippen molar-refractivity contribution in [1.29, 1.82) is 5.26 Å². The number of rotatable bonds is 4. The molecule has 1 aromatic rings. The highest BCUT2D eigenvalue weighted by molar-refractivity contribution is 5.95. The second kappa shape index (κ2) is 7.05. The van der Waals surface area contributed by atoms with Crippen LogP contribution in [0.1, 0.15) is 23.2 Å². The lowest BCUT2D eigenvalue weighted by atomic mass is 10.1. The number of benzene rings is 1. The van der Waals surface area contributed by atoms with Crippen molar-refractivity contribution >= 4 is 11.6 Å². The standard InChI is InChI=1S/C17H21FN4O2/c1-24-14-5-7-22(10-14)13-2-3-15(16(18)8-13)17(23)20-12-4-6-21(9-12)11-19/h2-3,8,12,14H,4-7,9-10H2,1H3,(H,20,23). The number of carbonyl (C=O) groups is 1. The van der Waals surface area contributed by atoms with Crippen LogP contribution in [0.2, 0.25) is 0 Å². The van der Waals surface area contributed by atoms with E-state index in [1.165, 1.54) is 12.1 Å². The summed E-state index contributed by atoms with van der Waals surface area (Å²) in [5, 5.41) is 11.6. The number of methoxy groups -OCH3 is 1. The zero-order chi connectivity index (χ0) is 17.1. The lowest BCUT2D eigenvalue weighted by Crippen LogP contribution is -2.36. The van der Waals surface area contributed by atoms with E-state index in [-0.39, 0.29) is 17.7 Å². The number of anilines is 1. The van der Waals surface area contributed by atoms with Crippen LogP contribution in [0, 0.1) is 17.3 Å². The molecule has 0 bridgehead atoms. The number of halogens is 1. The van der Waals surface area contributed by atoms with Crippen LogP contribution >= 0.6 is 0 Å². The number of nitriles is 1. The van der Waals surface area contributed by atoms with Gasteiger partial charge >= 0.3 is 0 Å². The third kappa shape index (κ3) is 3.44. The van der Waals surface area contributed by atoms with Gasteiger partial charge < -0.3 is 19.9 Å². The van der Waals surface area contributed by atoms with E-state index in [1.54, 1.807) is 18.1 Å². The van der Waals surface area contributed by atoms with Crippen molar-refractivity contribution in [3.63, 3.8) is 0 Å². The van der Waals surface area contributed by atoms with Gasteiger partial charge in [-0.25, -0.2) is 4.39 Å². The molecular weight excluding hydrogens is 311 g/mol. The zero-order valence-electron chi connectivity index (χ0n) is 13.7. The molecule has 2 heterocycles. The fourth-order valence-electron chi connectivity index (χ4n) is 3.27. The molecule has 2 atom stereocenters. The minimum Gasteiger partial charge on any atom is -0.380 e. The van der Waals surface area contributed by atoms with Gasteiger partial charge in [-0.1, -0.05) is 0 Å². The Balaban J connectivity index is 1.64. The number of hydrogen-bond donors (Lipinski definition) is 1. The highest BCUT2D eigenvalue weighted by Gasteiger charge is 2.26. The smallest absolute Gasteiger partial charge is 0.254 e. The Morgan fingerprint density at radius 3 is 2.83 bits per heavy atom. The molecule has 0 aromatic heterocycles. The van der Waals surface area contributed by atoms with Crippen LogP contribution in [0.15, 0.2) is 18.2 Å². The Morgan fingerprint density at radius 2 is 2.21 bits per heavy atom. The summed E-state index contributed by atoms with van der Waals surface area (Å²) < 4.78 is 19.7. The summed E-state index contributed by atoms with van der Waals surface area (Å²) in [5.41, 5.74) is 0.803. The summed E-state index contributed by atoms with van der Waals surface area (Å²) in [6, 6.07) is 4.59. The molecule has 2 aliphatic rings. The molecule has 2 aliphatic heterocycles. The highest BCUT2D eigenvalue weighted by atomic mass is 19.1. The van der Waals surface area contributed by atoms with Crippen molar-refractivity contribution in [1.82, 2.24) is 10.2 Å². The summed E-state index contributed by atoms with van der Waals surface area (Å²) in [6.45, 7) is 2.65. The summed E-state index contributed by atoms with van der Waals surface area (Å²) in [7, 11) is 1.68. The van der Waals surface area contributed by atoms with Crippen LogP contribution in [-0.4, -0.2) is 56.2 Å². The van der Waals surface area contributed by atoms with Gasteiger partial charge in [0.25, 0.3) is 5.91 Å². The molecule has 1 amide bonds. The maximum absolute atomic E-state index is 14.4. The van der Waals surface area contributed by atoms with Crippen molar-refractivity contribution in [2.24, 2.45) is 0 Å². The van der Waals surface area contributed by atoms with Crippen LogP contribution in [0.4, 0.5) is 10.1 Å². The summed E-state index contributed by atoms with van der Waals surface area (Å²) in [5.74, 6) is -0.957. The number of carbonyl (C=O) groups excluding carboxylic acids is 1. The van der Waals surface area contributed by atoms with E-state index in [4.69, 9.17) is 10.00 Å². The first-order chi connectivity index (χ1) is 11.6.